The van der Waals surface area contributed by atoms with Gasteiger partial charge in [-0.2, -0.15) is 0 Å². The van der Waals surface area contributed by atoms with Crippen molar-refractivity contribution >= 4 is 12.6 Å². The minimum Gasteiger partial charge on any atom is -0.489 e. The maximum absolute atomic E-state index is 13.1. The van der Waals surface area contributed by atoms with Crippen LogP contribution in [0.4, 0.5) is 4.39 Å². The fourth-order valence-corrected chi connectivity index (χ4v) is 1.88. The van der Waals surface area contributed by atoms with Gasteiger partial charge in [0.05, 0.1) is 0 Å². The molecule has 0 radical (unpaired) electrons. The van der Waals surface area contributed by atoms with E-state index >= 15 is 0 Å². The Hall–Kier alpha value is -1.85. The van der Waals surface area contributed by atoms with E-state index in [2.05, 4.69) is 6.92 Å². The van der Waals surface area contributed by atoms with Gasteiger partial charge in [0.15, 0.2) is 0 Å². The second-order valence-corrected chi connectivity index (χ2v) is 4.51. The first kappa shape index (κ1) is 14.6. The molecule has 3 nitrogen and oxygen atoms in total. The van der Waals surface area contributed by atoms with Crippen LogP contribution < -0.4 is 10.2 Å². The van der Waals surface area contributed by atoms with Crippen LogP contribution in [0.3, 0.4) is 0 Å². The molecule has 0 heterocycles. The molecule has 0 bridgehead atoms. The third-order valence-electron chi connectivity index (χ3n) is 3.08. The number of rotatable bonds is 5. The van der Waals surface area contributed by atoms with Gasteiger partial charge in [0.2, 0.25) is 0 Å². The van der Waals surface area contributed by atoms with E-state index in [9.17, 15) is 14.4 Å². The fourth-order valence-electron chi connectivity index (χ4n) is 1.88. The molecule has 0 saturated heterocycles. The van der Waals surface area contributed by atoms with Crippen LogP contribution in [-0.4, -0.2) is 17.2 Å². The van der Waals surface area contributed by atoms with Crippen LogP contribution in [0.2, 0.25) is 0 Å². The van der Waals surface area contributed by atoms with Crippen LogP contribution in [0.25, 0.3) is 0 Å². The topological polar surface area (TPSA) is 49.7 Å². The van der Waals surface area contributed by atoms with Crippen molar-refractivity contribution in [3.63, 3.8) is 0 Å². The molecule has 2 rings (SSSR count). The van der Waals surface area contributed by atoms with E-state index < -0.39 is 12.9 Å². The zero-order valence-corrected chi connectivity index (χ0v) is 11.2. The summed E-state index contributed by atoms with van der Waals surface area (Å²) in [6.45, 7) is 2.37. The quantitative estimate of drug-likeness (QED) is 0.815. The van der Waals surface area contributed by atoms with E-state index in [0.717, 1.165) is 18.1 Å². The Bertz CT molecular complexity index is 570. The number of ether oxygens (including phenoxy) is 1. The van der Waals surface area contributed by atoms with Gasteiger partial charge in [0.1, 0.15) is 18.2 Å². The first-order chi connectivity index (χ1) is 9.60. The van der Waals surface area contributed by atoms with Crippen molar-refractivity contribution in [2.75, 3.05) is 0 Å². The molecule has 0 atom stereocenters. The Labute approximate surface area is 117 Å². The zero-order chi connectivity index (χ0) is 14.5. The zero-order valence-electron chi connectivity index (χ0n) is 11.2. The van der Waals surface area contributed by atoms with Gasteiger partial charge in [-0.15, -0.1) is 0 Å². The second kappa shape index (κ2) is 6.54. The number of hydrogen-bond acceptors (Lipinski definition) is 3. The van der Waals surface area contributed by atoms with Crippen molar-refractivity contribution in [3.8, 4) is 5.75 Å². The molecule has 0 aromatic heterocycles. The minimum atomic E-state index is -1.76. The first-order valence-electron chi connectivity index (χ1n) is 6.46. The molecule has 5 heteroatoms. The van der Waals surface area contributed by atoms with Gasteiger partial charge >= 0.3 is 7.12 Å². The molecule has 0 spiro atoms. The Balaban J connectivity index is 2.10. The molecule has 0 fully saturated rings. The summed E-state index contributed by atoms with van der Waals surface area (Å²) in [5, 5.41) is 18.4. The van der Waals surface area contributed by atoms with Gasteiger partial charge < -0.3 is 14.8 Å². The van der Waals surface area contributed by atoms with E-state index in [1.54, 1.807) is 0 Å². The maximum Gasteiger partial charge on any atom is 0.492 e. The van der Waals surface area contributed by atoms with Crippen molar-refractivity contribution in [1.29, 1.82) is 0 Å². The van der Waals surface area contributed by atoms with Crippen molar-refractivity contribution in [1.82, 2.24) is 0 Å². The molecule has 2 N–H and O–H groups in total. The van der Waals surface area contributed by atoms with E-state index in [-0.39, 0.29) is 17.8 Å². The highest BCUT2D eigenvalue weighted by Gasteiger charge is 2.18. The van der Waals surface area contributed by atoms with Gasteiger partial charge in [-0.05, 0) is 35.7 Å². The summed E-state index contributed by atoms with van der Waals surface area (Å²) in [7, 11) is -1.76. The average Bonchev–Trinajstić information content (AvgIpc) is 2.46. The van der Waals surface area contributed by atoms with Crippen LogP contribution in [0, 0.1) is 5.82 Å². The van der Waals surface area contributed by atoms with E-state index in [1.807, 2.05) is 24.3 Å². The Kier molecular flexibility index (Phi) is 4.77. The molecule has 0 aliphatic rings. The lowest BCUT2D eigenvalue weighted by Gasteiger charge is -2.11. The number of hydrogen-bond donors (Lipinski definition) is 2. The van der Waals surface area contributed by atoms with Crippen molar-refractivity contribution in [2.24, 2.45) is 0 Å². The largest absolute Gasteiger partial charge is 0.492 e. The molecule has 0 saturated carbocycles. The van der Waals surface area contributed by atoms with Crippen LogP contribution in [0.15, 0.2) is 42.5 Å². The summed E-state index contributed by atoms with van der Waals surface area (Å²) in [6, 6.07) is 11.6. The van der Waals surface area contributed by atoms with E-state index in [4.69, 9.17) is 4.74 Å². The van der Waals surface area contributed by atoms with Crippen LogP contribution in [0.5, 0.6) is 5.75 Å². The molecular weight excluding hydrogens is 258 g/mol. The highest BCUT2D eigenvalue weighted by atomic mass is 19.1. The highest BCUT2D eigenvalue weighted by molar-refractivity contribution is 6.59. The molecule has 0 aliphatic heterocycles. The van der Waals surface area contributed by atoms with Crippen LogP contribution in [-0.2, 0) is 13.0 Å². The van der Waals surface area contributed by atoms with Crippen molar-refractivity contribution in [3.05, 3.63) is 59.4 Å². The van der Waals surface area contributed by atoms with Crippen LogP contribution in [0.1, 0.15) is 18.1 Å². The lowest BCUT2D eigenvalue weighted by molar-refractivity contribution is 0.306. The summed E-state index contributed by atoms with van der Waals surface area (Å²) in [5.74, 6) is -0.270. The molecule has 2 aromatic rings. The van der Waals surface area contributed by atoms with E-state index in [1.165, 1.54) is 17.7 Å². The number of aryl methyl sites for hydroxylation is 1. The molecule has 0 amide bonds. The van der Waals surface area contributed by atoms with Crippen molar-refractivity contribution in [2.45, 2.75) is 20.0 Å². The third kappa shape index (κ3) is 3.59. The van der Waals surface area contributed by atoms with Gasteiger partial charge in [0.25, 0.3) is 0 Å². The van der Waals surface area contributed by atoms with E-state index in [0.29, 0.717) is 0 Å². The summed E-state index contributed by atoms with van der Waals surface area (Å²) in [4.78, 5) is 0. The van der Waals surface area contributed by atoms with Gasteiger partial charge in [-0.3, -0.25) is 0 Å². The molecule has 104 valence electrons. The third-order valence-corrected chi connectivity index (χ3v) is 3.08. The minimum absolute atomic E-state index is 0.0233. The standard InChI is InChI=1S/C15H16BFO3/c1-2-11-3-5-12(6-4-11)10-20-15-8-7-13(17)9-14(15)16(18)19/h3-9,18-19H,2,10H2,1H3. The lowest BCUT2D eigenvalue weighted by Crippen LogP contribution is -2.31. The molecule has 2 aromatic carbocycles. The fraction of sp³-hybridized carbons (Fsp3) is 0.200. The van der Waals surface area contributed by atoms with Crippen molar-refractivity contribution < 1.29 is 19.2 Å². The first-order valence-corrected chi connectivity index (χ1v) is 6.46. The maximum atomic E-state index is 13.1. The normalized spacial score (nSPS) is 10.4. The molecule has 0 aliphatic carbocycles. The summed E-state index contributed by atoms with van der Waals surface area (Å²) >= 11 is 0. The average molecular weight is 274 g/mol. The Morgan fingerprint density at radius 3 is 2.30 bits per heavy atom. The SMILES string of the molecule is CCc1ccc(COc2ccc(F)cc2B(O)O)cc1. The second-order valence-electron chi connectivity index (χ2n) is 4.51. The van der Waals surface area contributed by atoms with Crippen LogP contribution >= 0.6 is 0 Å². The molecular formula is C15H16BFO3. The smallest absolute Gasteiger partial charge is 0.489 e. The summed E-state index contributed by atoms with van der Waals surface area (Å²) in [5.41, 5.74) is 2.22. The predicted octanol–water partition coefficient (Wildman–Crippen LogP) is 1.65. The summed E-state index contributed by atoms with van der Waals surface area (Å²) < 4.78 is 18.6. The van der Waals surface area contributed by atoms with Gasteiger partial charge in [-0.25, -0.2) is 4.39 Å². The number of benzene rings is 2. The lowest BCUT2D eigenvalue weighted by atomic mass is 9.79. The Morgan fingerprint density at radius 1 is 1.05 bits per heavy atom. The molecule has 0 unspecified atom stereocenters. The highest BCUT2D eigenvalue weighted by Crippen LogP contribution is 2.13. The predicted molar refractivity (Wildman–Crippen MR) is 76.4 cm³/mol. The molecule has 20 heavy (non-hydrogen) atoms. The van der Waals surface area contributed by atoms with Gasteiger partial charge in [0, 0.05) is 5.46 Å². The summed E-state index contributed by atoms with van der Waals surface area (Å²) in [6.07, 6.45) is 0.972. The monoisotopic (exact) mass is 274 g/mol. The Morgan fingerprint density at radius 2 is 1.70 bits per heavy atom. The van der Waals surface area contributed by atoms with Gasteiger partial charge in [-0.1, -0.05) is 31.2 Å². The number of halogens is 1.